The lowest BCUT2D eigenvalue weighted by atomic mass is 9.84. The van der Waals surface area contributed by atoms with E-state index in [0.717, 1.165) is 50.9 Å². The average Bonchev–Trinajstić information content (AvgIpc) is 3.07. The molecule has 2 heterocycles. The highest BCUT2D eigenvalue weighted by Crippen LogP contribution is 2.41. The van der Waals surface area contributed by atoms with Gasteiger partial charge in [-0.3, -0.25) is 9.59 Å². The maximum absolute atomic E-state index is 14.3. The standard InChI is InChI=1S/C20H25F2N3O2.ClH/c21-14-5-6-15(16(22)12-14)19(26)25-17-4-2-1-3-13(17)11-18(25)20(27)24-9-7-23-8-10-24;/h5-6,12-13,17-18,23H,1-4,7-11H2;1H. The maximum Gasteiger partial charge on any atom is 0.257 e. The molecule has 0 spiro atoms. The van der Waals surface area contributed by atoms with Crippen LogP contribution in [-0.4, -0.2) is 59.9 Å². The molecule has 4 rings (SSSR count). The van der Waals surface area contributed by atoms with E-state index in [1.54, 1.807) is 9.80 Å². The van der Waals surface area contributed by atoms with Gasteiger partial charge >= 0.3 is 0 Å². The number of nitrogens with one attached hydrogen (secondary N) is 1. The number of piperazine rings is 1. The molecule has 1 saturated carbocycles. The Morgan fingerprint density at radius 3 is 2.50 bits per heavy atom. The van der Waals surface area contributed by atoms with E-state index in [4.69, 9.17) is 0 Å². The maximum atomic E-state index is 14.3. The molecule has 3 aliphatic rings. The lowest BCUT2D eigenvalue weighted by Gasteiger charge is -2.36. The number of hydrogen-bond donors (Lipinski definition) is 1. The van der Waals surface area contributed by atoms with Crippen molar-refractivity contribution in [3.63, 3.8) is 0 Å². The molecular formula is C20H26ClF2N3O2. The fraction of sp³-hybridized carbons (Fsp3) is 0.600. The number of benzene rings is 1. The minimum atomic E-state index is -0.868. The quantitative estimate of drug-likeness (QED) is 0.810. The fourth-order valence-electron chi connectivity index (χ4n) is 4.87. The topological polar surface area (TPSA) is 52.7 Å². The monoisotopic (exact) mass is 413 g/mol. The SMILES string of the molecule is Cl.O=C(C1CC2CCCCC2N1C(=O)c1ccc(F)cc1F)N1CCNCC1. The Bertz CT molecular complexity index is 742. The summed E-state index contributed by atoms with van der Waals surface area (Å²) in [6, 6.07) is 2.43. The van der Waals surface area contributed by atoms with Crippen LogP contribution in [0, 0.1) is 17.6 Å². The minimum absolute atomic E-state index is 0. The molecule has 1 N–H and O–H groups in total. The van der Waals surface area contributed by atoms with Crippen molar-refractivity contribution in [2.24, 2.45) is 5.92 Å². The van der Waals surface area contributed by atoms with Crippen molar-refractivity contribution in [2.45, 2.75) is 44.2 Å². The zero-order valence-corrected chi connectivity index (χ0v) is 16.5. The highest BCUT2D eigenvalue weighted by Gasteiger charge is 2.48. The summed E-state index contributed by atoms with van der Waals surface area (Å²) >= 11 is 0. The fourth-order valence-corrected chi connectivity index (χ4v) is 4.87. The number of carbonyl (C=O) groups excluding carboxylic acids is 2. The summed E-state index contributed by atoms with van der Waals surface area (Å²) in [5.74, 6) is -1.83. The summed E-state index contributed by atoms with van der Waals surface area (Å²) in [5.41, 5.74) is -0.152. The molecule has 5 nitrogen and oxygen atoms in total. The highest BCUT2D eigenvalue weighted by molar-refractivity contribution is 5.98. The number of halogens is 3. The van der Waals surface area contributed by atoms with Gasteiger partial charge in [-0.25, -0.2) is 8.78 Å². The van der Waals surface area contributed by atoms with Gasteiger partial charge in [-0.05, 0) is 37.3 Å². The predicted molar refractivity (Wildman–Crippen MR) is 103 cm³/mol. The number of carbonyl (C=O) groups is 2. The van der Waals surface area contributed by atoms with Crippen LogP contribution in [0.5, 0.6) is 0 Å². The molecule has 0 bridgehead atoms. The van der Waals surface area contributed by atoms with Gasteiger partial charge in [0, 0.05) is 38.3 Å². The molecule has 0 aromatic heterocycles. The first kappa shape index (κ1) is 21.0. The Morgan fingerprint density at radius 1 is 1.07 bits per heavy atom. The Labute approximate surface area is 169 Å². The van der Waals surface area contributed by atoms with E-state index in [9.17, 15) is 18.4 Å². The van der Waals surface area contributed by atoms with Crippen molar-refractivity contribution in [3.05, 3.63) is 35.4 Å². The molecule has 3 atom stereocenters. The van der Waals surface area contributed by atoms with Crippen molar-refractivity contribution in [1.82, 2.24) is 15.1 Å². The third-order valence-corrected chi connectivity index (χ3v) is 6.20. The van der Waals surface area contributed by atoms with Crippen molar-refractivity contribution < 1.29 is 18.4 Å². The number of nitrogens with zero attached hydrogens (tertiary/aromatic N) is 2. The van der Waals surface area contributed by atoms with Crippen LogP contribution >= 0.6 is 12.4 Å². The van der Waals surface area contributed by atoms with E-state index < -0.39 is 23.6 Å². The Kier molecular flexibility index (Phi) is 6.55. The summed E-state index contributed by atoms with van der Waals surface area (Å²) < 4.78 is 27.5. The number of likely N-dealkylation sites (tertiary alicyclic amines) is 1. The van der Waals surface area contributed by atoms with Crippen LogP contribution in [0.4, 0.5) is 8.78 Å². The third-order valence-electron chi connectivity index (χ3n) is 6.20. The van der Waals surface area contributed by atoms with Crippen LogP contribution in [0.1, 0.15) is 42.5 Å². The lowest BCUT2D eigenvalue weighted by Crippen LogP contribution is -2.54. The van der Waals surface area contributed by atoms with Crippen LogP contribution < -0.4 is 5.32 Å². The molecule has 1 aromatic carbocycles. The third kappa shape index (κ3) is 3.87. The molecule has 154 valence electrons. The Balaban J connectivity index is 0.00000225. The average molecular weight is 414 g/mol. The van der Waals surface area contributed by atoms with Crippen molar-refractivity contribution in [1.29, 1.82) is 0 Å². The molecule has 3 fully saturated rings. The highest BCUT2D eigenvalue weighted by atomic mass is 35.5. The molecule has 3 unspecified atom stereocenters. The number of hydrogen-bond acceptors (Lipinski definition) is 3. The van der Waals surface area contributed by atoms with Gasteiger partial charge in [-0.2, -0.15) is 0 Å². The van der Waals surface area contributed by atoms with Crippen molar-refractivity contribution >= 4 is 24.2 Å². The molecular weight excluding hydrogens is 388 g/mol. The first-order chi connectivity index (χ1) is 13.1. The van der Waals surface area contributed by atoms with Gasteiger partial charge in [0.05, 0.1) is 5.56 Å². The van der Waals surface area contributed by atoms with E-state index >= 15 is 0 Å². The van der Waals surface area contributed by atoms with Crippen molar-refractivity contribution in [3.8, 4) is 0 Å². The zero-order chi connectivity index (χ0) is 19.0. The van der Waals surface area contributed by atoms with Crippen LogP contribution in [0.2, 0.25) is 0 Å². The minimum Gasteiger partial charge on any atom is -0.338 e. The summed E-state index contributed by atoms with van der Waals surface area (Å²) in [7, 11) is 0. The first-order valence-electron chi connectivity index (χ1n) is 9.83. The first-order valence-corrected chi connectivity index (χ1v) is 9.83. The lowest BCUT2D eigenvalue weighted by molar-refractivity contribution is -0.136. The molecule has 2 saturated heterocycles. The Morgan fingerprint density at radius 2 is 1.79 bits per heavy atom. The van der Waals surface area contributed by atoms with Crippen molar-refractivity contribution in [2.75, 3.05) is 26.2 Å². The largest absolute Gasteiger partial charge is 0.338 e. The molecule has 1 aromatic rings. The normalized spacial score (nSPS) is 27.1. The van der Waals surface area contributed by atoms with Gasteiger partial charge in [-0.1, -0.05) is 12.8 Å². The second-order valence-electron chi connectivity index (χ2n) is 7.78. The van der Waals surface area contributed by atoms with Crippen LogP contribution in [0.3, 0.4) is 0 Å². The zero-order valence-electron chi connectivity index (χ0n) is 15.7. The van der Waals surface area contributed by atoms with Crippen LogP contribution in [-0.2, 0) is 4.79 Å². The summed E-state index contributed by atoms with van der Waals surface area (Å²) in [6.45, 7) is 2.73. The van der Waals surface area contributed by atoms with Crippen LogP contribution in [0.15, 0.2) is 18.2 Å². The Hall–Kier alpha value is -1.73. The molecule has 2 aliphatic heterocycles. The molecule has 28 heavy (non-hydrogen) atoms. The summed E-state index contributed by atoms with van der Waals surface area (Å²) in [4.78, 5) is 29.8. The summed E-state index contributed by atoms with van der Waals surface area (Å²) in [6.07, 6.45) is 4.58. The number of fused-ring (bicyclic) bond motifs is 1. The predicted octanol–water partition coefficient (Wildman–Crippen LogP) is 2.59. The van der Waals surface area contributed by atoms with Gasteiger partial charge in [0.1, 0.15) is 17.7 Å². The van der Waals surface area contributed by atoms with Gasteiger partial charge in [0.2, 0.25) is 5.91 Å². The van der Waals surface area contributed by atoms with Gasteiger partial charge in [0.15, 0.2) is 0 Å². The molecule has 1 aliphatic carbocycles. The molecule has 0 radical (unpaired) electrons. The smallest absolute Gasteiger partial charge is 0.257 e. The number of amides is 2. The molecule has 8 heteroatoms. The van der Waals surface area contributed by atoms with E-state index in [2.05, 4.69) is 5.32 Å². The number of rotatable bonds is 2. The van der Waals surface area contributed by atoms with E-state index in [0.29, 0.717) is 19.5 Å². The van der Waals surface area contributed by atoms with E-state index in [1.165, 1.54) is 6.07 Å². The van der Waals surface area contributed by atoms with Gasteiger partial charge in [-0.15, -0.1) is 12.4 Å². The van der Waals surface area contributed by atoms with E-state index in [-0.39, 0.29) is 35.8 Å². The van der Waals surface area contributed by atoms with Gasteiger partial charge < -0.3 is 15.1 Å². The van der Waals surface area contributed by atoms with E-state index in [1.807, 2.05) is 0 Å². The second kappa shape index (κ2) is 8.74. The summed E-state index contributed by atoms with van der Waals surface area (Å²) in [5, 5.41) is 3.22. The van der Waals surface area contributed by atoms with Gasteiger partial charge in [0.25, 0.3) is 5.91 Å². The second-order valence-corrected chi connectivity index (χ2v) is 7.78. The van der Waals surface area contributed by atoms with Crippen LogP contribution in [0.25, 0.3) is 0 Å². The molecule has 2 amide bonds.